The van der Waals surface area contributed by atoms with Crippen molar-refractivity contribution in [1.82, 2.24) is 0 Å². The van der Waals surface area contributed by atoms with Crippen LogP contribution in [0.4, 0.5) is 4.39 Å². The van der Waals surface area contributed by atoms with Gasteiger partial charge in [-0.2, -0.15) is 0 Å². The number of allylic oxidation sites excluding steroid dienone is 4. The first kappa shape index (κ1) is 25.7. The number of hydrogen-bond donors (Lipinski definition) is 4. The maximum absolute atomic E-state index is 15.8. The van der Waals surface area contributed by atoms with Crippen LogP contribution in [-0.4, -0.2) is 62.8 Å². The standard InChI is InChI=1S/C26H33FO8/c1-13-9-18-16-4-3-14-10-15(29)5-7-24(14,2)17(16)6-8-25(18,12-28)26(13,21(27)23(34)35)22(33)19(30)11-20(31)32/h6,10,13,16,18-19,21,28,30H,3-5,7-9,11-12H2,1-2H3,(H,31,32)(H,34,35)/t13-,16+,18-,19?,21?,24-,25+,26-/m0/s1. The Labute approximate surface area is 202 Å². The van der Waals surface area contributed by atoms with Gasteiger partial charge in [0.05, 0.1) is 18.4 Å². The molecule has 0 heterocycles. The number of rotatable bonds is 7. The van der Waals surface area contributed by atoms with E-state index in [1.807, 2.05) is 6.08 Å². The Morgan fingerprint density at radius 3 is 2.51 bits per heavy atom. The predicted molar refractivity (Wildman–Crippen MR) is 121 cm³/mol. The zero-order valence-corrected chi connectivity index (χ0v) is 20.0. The first-order valence-electron chi connectivity index (χ1n) is 12.2. The molecule has 4 aliphatic rings. The van der Waals surface area contributed by atoms with Crippen LogP contribution in [-0.2, 0) is 19.2 Å². The molecule has 0 amide bonds. The Morgan fingerprint density at radius 2 is 1.91 bits per heavy atom. The molecular formula is C26H33FO8. The van der Waals surface area contributed by atoms with Crippen molar-refractivity contribution >= 4 is 23.5 Å². The second-order valence-corrected chi connectivity index (χ2v) is 11.1. The minimum absolute atomic E-state index is 0.0282. The highest BCUT2D eigenvalue weighted by Crippen LogP contribution is 2.71. The number of carboxylic acids is 2. The number of ketones is 2. The number of aliphatic hydroxyl groups excluding tert-OH is 2. The number of halogens is 1. The summed E-state index contributed by atoms with van der Waals surface area (Å²) >= 11 is 0. The maximum atomic E-state index is 15.8. The fourth-order valence-electron chi connectivity index (χ4n) is 8.22. The van der Waals surface area contributed by atoms with E-state index in [0.717, 1.165) is 11.1 Å². The van der Waals surface area contributed by atoms with Gasteiger partial charge in [0.15, 0.2) is 11.6 Å². The number of hydrogen-bond acceptors (Lipinski definition) is 6. The highest BCUT2D eigenvalue weighted by Gasteiger charge is 2.74. The van der Waals surface area contributed by atoms with Crippen molar-refractivity contribution in [1.29, 1.82) is 0 Å². The third-order valence-corrected chi connectivity index (χ3v) is 9.74. The van der Waals surface area contributed by atoms with Gasteiger partial charge >= 0.3 is 11.9 Å². The van der Waals surface area contributed by atoms with Gasteiger partial charge in [0.25, 0.3) is 0 Å². The normalized spacial score (nSPS) is 39.9. The summed E-state index contributed by atoms with van der Waals surface area (Å²) in [5, 5.41) is 40.1. The minimum atomic E-state index is -2.72. The maximum Gasteiger partial charge on any atom is 0.339 e. The van der Waals surface area contributed by atoms with Crippen LogP contribution in [0, 0.1) is 34.0 Å². The van der Waals surface area contributed by atoms with E-state index in [1.165, 1.54) is 0 Å². The summed E-state index contributed by atoms with van der Waals surface area (Å²) in [4.78, 5) is 49.0. The van der Waals surface area contributed by atoms with Gasteiger partial charge in [0, 0.05) is 17.3 Å². The second-order valence-electron chi connectivity index (χ2n) is 11.1. The van der Waals surface area contributed by atoms with Gasteiger partial charge in [-0.1, -0.05) is 31.1 Å². The number of carbonyl (C=O) groups excluding carboxylic acids is 2. The zero-order valence-electron chi connectivity index (χ0n) is 20.0. The van der Waals surface area contributed by atoms with Crippen LogP contribution in [0.25, 0.3) is 0 Å². The van der Waals surface area contributed by atoms with E-state index in [-0.39, 0.29) is 30.0 Å². The highest BCUT2D eigenvalue weighted by atomic mass is 19.1. The summed E-state index contributed by atoms with van der Waals surface area (Å²) in [5.74, 6) is -5.86. The molecule has 2 unspecified atom stereocenters. The SMILES string of the molecule is C[C@H]1C[C@H]2[C@@H]3CCC4=CC(=O)CC[C@]4(C)C3=CC[C@]2(CO)[C@]1(C(=O)C(O)CC(=O)O)C(F)C(=O)O. The quantitative estimate of drug-likeness (QED) is 0.396. The number of aliphatic hydroxyl groups is 2. The van der Waals surface area contributed by atoms with Crippen LogP contribution in [0.15, 0.2) is 23.3 Å². The fourth-order valence-corrected chi connectivity index (χ4v) is 8.22. The lowest BCUT2D eigenvalue weighted by atomic mass is 9.46. The average Bonchev–Trinajstić information content (AvgIpc) is 3.07. The van der Waals surface area contributed by atoms with Crippen LogP contribution < -0.4 is 0 Å². The molecule has 0 radical (unpaired) electrons. The van der Waals surface area contributed by atoms with Crippen molar-refractivity contribution in [2.75, 3.05) is 6.61 Å². The highest BCUT2D eigenvalue weighted by molar-refractivity contribution is 5.97. The summed E-state index contributed by atoms with van der Waals surface area (Å²) < 4.78 is 15.8. The van der Waals surface area contributed by atoms with Crippen LogP contribution in [0.1, 0.15) is 58.8 Å². The largest absolute Gasteiger partial charge is 0.481 e. The molecule has 4 N–H and O–H groups in total. The van der Waals surface area contributed by atoms with E-state index in [1.54, 1.807) is 13.0 Å². The molecule has 0 aromatic carbocycles. The number of alkyl halides is 1. The van der Waals surface area contributed by atoms with Crippen molar-refractivity contribution in [2.45, 2.75) is 71.1 Å². The van der Waals surface area contributed by atoms with Gasteiger partial charge in [-0.05, 0) is 55.9 Å². The molecule has 0 bridgehead atoms. The Hall–Kier alpha value is -2.39. The van der Waals surface area contributed by atoms with Gasteiger partial charge in [-0.25, -0.2) is 9.18 Å². The van der Waals surface area contributed by atoms with Gasteiger partial charge < -0.3 is 20.4 Å². The first-order chi connectivity index (χ1) is 16.4. The number of Topliss-reactive ketones (excluding diaryl/α,β-unsaturated/α-hetero) is 1. The molecule has 0 aliphatic heterocycles. The predicted octanol–water partition coefficient (Wildman–Crippen LogP) is 2.47. The topological polar surface area (TPSA) is 149 Å². The lowest BCUT2D eigenvalue weighted by Gasteiger charge is -2.56. The van der Waals surface area contributed by atoms with Crippen molar-refractivity contribution in [3.63, 3.8) is 0 Å². The molecule has 4 aliphatic carbocycles. The molecule has 0 saturated heterocycles. The summed E-state index contributed by atoms with van der Waals surface area (Å²) in [6.45, 7) is 2.97. The van der Waals surface area contributed by atoms with Crippen molar-refractivity contribution < 1.29 is 44.0 Å². The Bertz CT molecular complexity index is 1030. The Kier molecular flexibility index (Phi) is 6.33. The lowest BCUT2D eigenvalue weighted by molar-refractivity contribution is -0.178. The van der Waals surface area contributed by atoms with E-state index in [2.05, 4.69) is 6.92 Å². The number of carboxylic acid groups (broad SMARTS) is 2. The van der Waals surface area contributed by atoms with Crippen LogP contribution in [0.5, 0.6) is 0 Å². The molecule has 8 atom stereocenters. The molecule has 4 rings (SSSR count). The summed E-state index contributed by atoms with van der Waals surface area (Å²) in [7, 11) is 0. The molecule has 8 nitrogen and oxygen atoms in total. The van der Waals surface area contributed by atoms with E-state index < -0.39 is 65.7 Å². The zero-order chi connectivity index (χ0) is 25.9. The molecule has 9 heteroatoms. The molecular weight excluding hydrogens is 459 g/mol. The second kappa shape index (κ2) is 8.62. The Balaban J connectivity index is 1.88. The van der Waals surface area contributed by atoms with E-state index >= 15 is 4.39 Å². The molecule has 35 heavy (non-hydrogen) atoms. The summed E-state index contributed by atoms with van der Waals surface area (Å²) in [6.07, 6.45) is 0.394. The van der Waals surface area contributed by atoms with Gasteiger partial charge in [-0.15, -0.1) is 0 Å². The average molecular weight is 493 g/mol. The number of fused-ring (bicyclic) bond motifs is 5. The molecule has 0 aromatic heterocycles. The van der Waals surface area contributed by atoms with Crippen molar-refractivity contribution in [3.8, 4) is 0 Å². The fraction of sp³-hybridized carbons (Fsp3) is 0.692. The van der Waals surface area contributed by atoms with E-state index in [4.69, 9.17) is 5.11 Å². The minimum Gasteiger partial charge on any atom is -0.481 e. The molecule has 0 aromatic rings. The lowest BCUT2D eigenvalue weighted by Crippen LogP contribution is -2.63. The monoisotopic (exact) mass is 492 g/mol. The number of carbonyl (C=O) groups is 4. The van der Waals surface area contributed by atoms with E-state index in [9.17, 15) is 34.5 Å². The van der Waals surface area contributed by atoms with Gasteiger partial charge in [0.1, 0.15) is 6.10 Å². The summed E-state index contributed by atoms with van der Waals surface area (Å²) in [6, 6.07) is 0. The summed E-state index contributed by atoms with van der Waals surface area (Å²) in [5.41, 5.74) is -2.01. The van der Waals surface area contributed by atoms with Crippen molar-refractivity contribution in [3.05, 3.63) is 23.3 Å². The third kappa shape index (κ3) is 3.38. The molecule has 2 fully saturated rings. The molecule has 0 spiro atoms. The van der Waals surface area contributed by atoms with Gasteiger partial charge in [0.2, 0.25) is 6.17 Å². The van der Waals surface area contributed by atoms with E-state index in [0.29, 0.717) is 25.7 Å². The third-order valence-electron chi connectivity index (χ3n) is 9.74. The first-order valence-corrected chi connectivity index (χ1v) is 12.2. The smallest absolute Gasteiger partial charge is 0.339 e. The van der Waals surface area contributed by atoms with Crippen LogP contribution in [0.2, 0.25) is 0 Å². The molecule has 192 valence electrons. The van der Waals surface area contributed by atoms with Gasteiger partial charge in [-0.3, -0.25) is 14.4 Å². The Morgan fingerprint density at radius 1 is 1.23 bits per heavy atom. The number of aliphatic carboxylic acids is 2. The van der Waals surface area contributed by atoms with Crippen LogP contribution >= 0.6 is 0 Å². The van der Waals surface area contributed by atoms with Crippen LogP contribution in [0.3, 0.4) is 0 Å². The van der Waals surface area contributed by atoms with Crippen molar-refractivity contribution in [2.24, 2.45) is 34.0 Å². The molecule has 2 saturated carbocycles.